The summed E-state index contributed by atoms with van der Waals surface area (Å²) < 4.78 is 5.06. The Labute approximate surface area is 111 Å². The van der Waals surface area contributed by atoms with Crippen LogP contribution in [-0.4, -0.2) is 24.2 Å². The van der Waals surface area contributed by atoms with Crippen LogP contribution in [0.2, 0.25) is 0 Å². The summed E-state index contributed by atoms with van der Waals surface area (Å²) in [7, 11) is 0. The normalized spacial score (nSPS) is 9.71. The number of nitro groups is 1. The highest BCUT2D eigenvalue weighted by Crippen LogP contribution is 2.23. The van der Waals surface area contributed by atoms with E-state index in [0.717, 1.165) is 0 Å². The number of rotatable bonds is 5. The highest BCUT2D eigenvalue weighted by Gasteiger charge is 2.11. The minimum atomic E-state index is -0.829. The lowest BCUT2D eigenvalue weighted by atomic mass is 10.3. The molecule has 92 valence electrons. The molecule has 0 aliphatic rings. The fourth-order valence-electron chi connectivity index (χ4n) is 1.11. The molecule has 0 aromatic heterocycles. The number of carbonyl (C=O) groups is 1. The molecule has 1 amide bonds. The first-order valence-corrected chi connectivity index (χ1v) is 5.68. The van der Waals surface area contributed by atoms with Crippen LogP contribution < -0.4 is 11.1 Å². The number of anilines is 1. The second-order valence-electron chi connectivity index (χ2n) is 3.02. The minimum Gasteiger partial charge on any atom is -0.448 e. The van der Waals surface area contributed by atoms with E-state index in [1.807, 2.05) is 22.6 Å². The molecule has 0 saturated heterocycles. The van der Waals surface area contributed by atoms with Gasteiger partial charge >= 0.3 is 6.09 Å². The highest BCUT2D eigenvalue weighted by molar-refractivity contribution is 14.1. The van der Waals surface area contributed by atoms with Gasteiger partial charge in [0, 0.05) is 18.3 Å². The molecule has 0 unspecified atom stereocenters. The van der Waals surface area contributed by atoms with E-state index in [9.17, 15) is 14.9 Å². The molecule has 1 aromatic carbocycles. The number of carbonyl (C=O) groups excluding carboxylic acids is 1. The van der Waals surface area contributed by atoms with Crippen molar-refractivity contribution in [3.63, 3.8) is 0 Å². The molecule has 0 heterocycles. The largest absolute Gasteiger partial charge is 0.448 e. The van der Waals surface area contributed by atoms with Crippen LogP contribution in [0.3, 0.4) is 0 Å². The molecule has 8 heteroatoms. The van der Waals surface area contributed by atoms with E-state index in [1.165, 1.54) is 6.07 Å². The Bertz CT molecular complexity index is 438. The maximum absolute atomic E-state index is 10.6. The number of halogens is 1. The lowest BCUT2D eigenvalue weighted by molar-refractivity contribution is -0.385. The zero-order valence-corrected chi connectivity index (χ0v) is 10.8. The predicted octanol–water partition coefficient (Wildman–Crippen LogP) is 1.71. The number of benzene rings is 1. The molecule has 0 aliphatic heterocycles. The van der Waals surface area contributed by atoms with Crippen molar-refractivity contribution in [2.24, 2.45) is 5.73 Å². The summed E-state index contributed by atoms with van der Waals surface area (Å²) in [5.74, 6) is 0. The molecule has 1 aromatic rings. The second-order valence-corrected chi connectivity index (χ2v) is 4.18. The zero-order valence-electron chi connectivity index (χ0n) is 8.68. The molecule has 0 fully saturated rings. The molecule has 0 radical (unpaired) electrons. The van der Waals surface area contributed by atoms with Crippen molar-refractivity contribution in [1.82, 2.24) is 0 Å². The Morgan fingerprint density at radius 1 is 1.59 bits per heavy atom. The van der Waals surface area contributed by atoms with E-state index in [4.69, 9.17) is 5.73 Å². The van der Waals surface area contributed by atoms with Crippen LogP contribution in [0.25, 0.3) is 0 Å². The Morgan fingerprint density at radius 3 is 2.82 bits per heavy atom. The standard InChI is InChI=1S/C9H10IN3O4/c10-7-5-6(1-2-8(7)13(15)16)12-3-4-17-9(11)14/h1-2,5,12H,3-4H2,(H2,11,14). The Hall–Kier alpha value is -1.58. The van der Waals surface area contributed by atoms with Gasteiger partial charge in [0.25, 0.3) is 5.69 Å². The maximum Gasteiger partial charge on any atom is 0.404 e. The number of nitrogens with two attached hydrogens (primary N) is 1. The number of nitrogens with one attached hydrogen (secondary N) is 1. The summed E-state index contributed by atoms with van der Waals surface area (Å²) in [6, 6.07) is 4.65. The first kappa shape index (κ1) is 13.5. The molecule has 0 aliphatic carbocycles. The van der Waals surface area contributed by atoms with Crippen molar-refractivity contribution in [3.8, 4) is 0 Å². The van der Waals surface area contributed by atoms with Gasteiger partial charge in [-0.1, -0.05) is 0 Å². The fraction of sp³-hybridized carbons (Fsp3) is 0.222. The van der Waals surface area contributed by atoms with E-state index in [0.29, 0.717) is 15.8 Å². The van der Waals surface area contributed by atoms with Crippen LogP contribution >= 0.6 is 22.6 Å². The van der Waals surface area contributed by atoms with E-state index in [-0.39, 0.29) is 12.3 Å². The number of ether oxygens (including phenoxy) is 1. The van der Waals surface area contributed by atoms with Crippen molar-refractivity contribution in [3.05, 3.63) is 31.9 Å². The second kappa shape index (κ2) is 6.23. The quantitative estimate of drug-likeness (QED) is 0.363. The Balaban J connectivity index is 2.53. The summed E-state index contributed by atoms with van der Waals surface area (Å²) in [4.78, 5) is 20.4. The van der Waals surface area contributed by atoms with E-state index in [1.54, 1.807) is 12.1 Å². The molecule has 17 heavy (non-hydrogen) atoms. The predicted molar refractivity (Wildman–Crippen MR) is 69.8 cm³/mol. The van der Waals surface area contributed by atoms with Gasteiger partial charge < -0.3 is 15.8 Å². The summed E-state index contributed by atoms with van der Waals surface area (Å²) in [6.45, 7) is 0.528. The fourth-order valence-corrected chi connectivity index (χ4v) is 1.82. The van der Waals surface area contributed by atoms with Crippen LogP contribution in [0.15, 0.2) is 18.2 Å². The third kappa shape index (κ3) is 4.43. The lowest BCUT2D eigenvalue weighted by Gasteiger charge is -2.06. The van der Waals surface area contributed by atoms with Crippen molar-refractivity contribution in [2.75, 3.05) is 18.5 Å². The lowest BCUT2D eigenvalue weighted by Crippen LogP contribution is -2.18. The van der Waals surface area contributed by atoms with Crippen molar-refractivity contribution < 1.29 is 14.5 Å². The average molecular weight is 351 g/mol. The molecule has 0 bridgehead atoms. The van der Waals surface area contributed by atoms with E-state index < -0.39 is 11.0 Å². The number of hydrogen-bond donors (Lipinski definition) is 2. The third-order valence-corrected chi connectivity index (χ3v) is 2.68. The van der Waals surface area contributed by atoms with Gasteiger partial charge in [0.15, 0.2) is 0 Å². The Kier molecular flexibility index (Phi) is 4.94. The molecule has 0 saturated carbocycles. The van der Waals surface area contributed by atoms with Crippen LogP contribution in [0.4, 0.5) is 16.2 Å². The number of primary amides is 1. The summed E-state index contributed by atoms with van der Waals surface area (Å²) in [5.41, 5.74) is 5.56. The number of nitro benzene ring substituents is 1. The van der Waals surface area contributed by atoms with Gasteiger partial charge in [0.1, 0.15) is 6.61 Å². The van der Waals surface area contributed by atoms with Crippen LogP contribution in [0.1, 0.15) is 0 Å². The monoisotopic (exact) mass is 351 g/mol. The smallest absolute Gasteiger partial charge is 0.404 e. The van der Waals surface area contributed by atoms with E-state index >= 15 is 0 Å². The summed E-state index contributed by atoms with van der Waals surface area (Å²) in [5, 5.41) is 13.5. The van der Waals surface area contributed by atoms with Gasteiger partial charge in [-0.2, -0.15) is 0 Å². The average Bonchev–Trinajstić information content (AvgIpc) is 2.23. The van der Waals surface area contributed by atoms with Crippen molar-refractivity contribution in [1.29, 1.82) is 0 Å². The molecular weight excluding hydrogens is 341 g/mol. The van der Waals surface area contributed by atoms with Crippen LogP contribution in [-0.2, 0) is 4.74 Å². The molecule has 0 atom stereocenters. The number of amides is 1. The van der Waals surface area contributed by atoms with Crippen LogP contribution in [0.5, 0.6) is 0 Å². The van der Waals surface area contributed by atoms with Gasteiger partial charge in [-0.25, -0.2) is 4.79 Å². The number of nitrogens with zero attached hydrogens (tertiary/aromatic N) is 1. The Morgan fingerprint density at radius 2 is 2.29 bits per heavy atom. The summed E-state index contributed by atoms with van der Waals surface area (Å²) >= 11 is 1.89. The molecule has 7 nitrogen and oxygen atoms in total. The number of hydrogen-bond acceptors (Lipinski definition) is 5. The topological polar surface area (TPSA) is 107 Å². The van der Waals surface area contributed by atoms with Gasteiger partial charge in [-0.05, 0) is 34.7 Å². The van der Waals surface area contributed by atoms with Crippen molar-refractivity contribution in [2.45, 2.75) is 0 Å². The maximum atomic E-state index is 10.6. The minimum absolute atomic E-state index is 0.0598. The molecule has 3 N–H and O–H groups in total. The highest BCUT2D eigenvalue weighted by atomic mass is 127. The third-order valence-electron chi connectivity index (χ3n) is 1.82. The van der Waals surface area contributed by atoms with Gasteiger partial charge in [-0.3, -0.25) is 10.1 Å². The van der Waals surface area contributed by atoms with Crippen LogP contribution in [0, 0.1) is 13.7 Å². The van der Waals surface area contributed by atoms with Gasteiger partial charge in [0.2, 0.25) is 0 Å². The van der Waals surface area contributed by atoms with Gasteiger partial charge in [0.05, 0.1) is 8.49 Å². The first-order chi connectivity index (χ1) is 8.00. The SMILES string of the molecule is NC(=O)OCCNc1ccc([N+](=O)[O-])c(I)c1. The molecule has 0 spiro atoms. The van der Waals surface area contributed by atoms with Crippen molar-refractivity contribution >= 4 is 40.1 Å². The van der Waals surface area contributed by atoms with E-state index in [2.05, 4.69) is 10.1 Å². The zero-order chi connectivity index (χ0) is 12.8. The van der Waals surface area contributed by atoms with Gasteiger partial charge in [-0.15, -0.1) is 0 Å². The first-order valence-electron chi connectivity index (χ1n) is 4.60. The summed E-state index contributed by atoms with van der Waals surface area (Å²) in [6.07, 6.45) is -0.829. The molecular formula is C9H10IN3O4. The molecule has 1 rings (SSSR count).